The zero-order valence-electron chi connectivity index (χ0n) is 17.0. The van der Waals surface area contributed by atoms with Crippen LogP contribution in [0.5, 0.6) is 0 Å². The van der Waals surface area contributed by atoms with E-state index in [0.717, 1.165) is 47.2 Å². The molecule has 1 fully saturated rings. The second-order valence-electron chi connectivity index (χ2n) is 8.14. The number of aromatic nitrogens is 2. The van der Waals surface area contributed by atoms with Gasteiger partial charge in [0.15, 0.2) is 0 Å². The number of nitrogens with one attached hydrogen (secondary N) is 2. The molecule has 2 aliphatic heterocycles. The summed E-state index contributed by atoms with van der Waals surface area (Å²) >= 11 is 1.52. The number of hydrogen-bond donors (Lipinski definition) is 2. The van der Waals surface area contributed by atoms with Gasteiger partial charge in [-0.1, -0.05) is 55.1 Å². The van der Waals surface area contributed by atoms with Crippen LogP contribution < -0.4 is 10.6 Å². The molecule has 2 aliphatic rings. The molecule has 0 aliphatic carbocycles. The van der Waals surface area contributed by atoms with Crippen molar-refractivity contribution in [2.45, 2.75) is 36.8 Å². The number of thioether (sulfide) groups is 1. The van der Waals surface area contributed by atoms with Crippen LogP contribution in [0.1, 0.15) is 36.9 Å². The Balaban J connectivity index is 1.41. The largest absolute Gasteiger partial charge is 0.348 e. The van der Waals surface area contributed by atoms with E-state index >= 15 is 0 Å². The molecule has 30 heavy (non-hydrogen) atoms. The highest BCUT2D eigenvalue weighted by atomic mass is 32.2. The van der Waals surface area contributed by atoms with E-state index in [-0.39, 0.29) is 17.9 Å². The van der Waals surface area contributed by atoms with Crippen molar-refractivity contribution < 1.29 is 4.79 Å². The molecule has 0 bridgehead atoms. The van der Waals surface area contributed by atoms with Crippen molar-refractivity contribution in [2.75, 3.05) is 13.1 Å². The summed E-state index contributed by atoms with van der Waals surface area (Å²) in [5.74, 6) is 0.728. The van der Waals surface area contributed by atoms with Crippen LogP contribution in [0.25, 0.3) is 11.7 Å². The lowest BCUT2D eigenvalue weighted by Gasteiger charge is -2.36. The third-order valence-electron chi connectivity index (χ3n) is 6.29. The molecule has 6 heteroatoms. The summed E-state index contributed by atoms with van der Waals surface area (Å²) in [6, 6.07) is 16.7. The van der Waals surface area contributed by atoms with Crippen LogP contribution in [0.4, 0.5) is 0 Å². The van der Waals surface area contributed by atoms with Crippen LogP contribution in [0.15, 0.2) is 64.7 Å². The van der Waals surface area contributed by atoms with Gasteiger partial charge in [-0.25, -0.2) is 4.98 Å². The Morgan fingerprint density at radius 1 is 1.17 bits per heavy atom. The molecule has 1 saturated heterocycles. The van der Waals surface area contributed by atoms with Gasteiger partial charge in [-0.15, -0.1) is 0 Å². The van der Waals surface area contributed by atoms with Crippen LogP contribution >= 0.6 is 11.8 Å². The number of rotatable bonds is 5. The van der Waals surface area contributed by atoms with E-state index in [1.54, 1.807) is 0 Å². The number of imidazole rings is 1. The number of pyridine rings is 1. The number of hydrogen-bond acceptors (Lipinski definition) is 4. The number of nitrogens with zero attached hydrogens (tertiary/aromatic N) is 2. The standard InChI is InChI=1S/C24H26N4OS/c1-16(17-6-3-2-4-7-17)23(18-10-12-25-13-11-18)27-24(29)20-14-19-15-26-21-8-5-9-22(30-20)28(19)21/h2-9,14-16,18,23,25H,10-13H2,1H3,(H,27,29). The first-order valence-corrected chi connectivity index (χ1v) is 11.4. The van der Waals surface area contributed by atoms with Crippen LogP contribution in [0, 0.1) is 5.92 Å². The molecule has 154 valence electrons. The highest BCUT2D eigenvalue weighted by Gasteiger charge is 2.32. The molecule has 4 heterocycles. The Labute approximate surface area is 181 Å². The van der Waals surface area contributed by atoms with Gasteiger partial charge in [0, 0.05) is 12.0 Å². The fraction of sp³-hybridized carbons (Fsp3) is 0.333. The van der Waals surface area contributed by atoms with Gasteiger partial charge in [0.1, 0.15) is 5.65 Å². The van der Waals surface area contributed by atoms with Gasteiger partial charge < -0.3 is 10.6 Å². The van der Waals surface area contributed by atoms with E-state index in [1.165, 1.54) is 17.3 Å². The maximum Gasteiger partial charge on any atom is 0.258 e. The van der Waals surface area contributed by atoms with Gasteiger partial charge in [0.25, 0.3) is 5.91 Å². The van der Waals surface area contributed by atoms with Crippen molar-refractivity contribution in [1.82, 2.24) is 20.0 Å². The lowest BCUT2D eigenvalue weighted by Crippen LogP contribution is -2.47. The summed E-state index contributed by atoms with van der Waals surface area (Å²) in [6.07, 6.45) is 5.96. The van der Waals surface area contributed by atoms with Crippen molar-refractivity contribution in [3.8, 4) is 0 Å². The molecule has 0 radical (unpaired) electrons. The van der Waals surface area contributed by atoms with Crippen molar-refractivity contribution in [3.63, 3.8) is 0 Å². The molecule has 5 rings (SSSR count). The predicted octanol–water partition coefficient (Wildman–Crippen LogP) is 4.07. The second kappa shape index (κ2) is 8.28. The zero-order valence-corrected chi connectivity index (χ0v) is 17.9. The highest BCUT2D eigenvalue weighted by Crippen LogP contribution is 2.35. The van der Waals surface area contributed by atoms with Crippen molar-refractivity contribution in [1.29, 1.82) is 0 Å². The van der Waals surface area contributed by atoms with Gasteiger partial charge in [-0.3, -0.25) is 9.20 Å². The lowest BCUT2D eigenvalue weighted by molar-refractivity contribution is -0.118. The third-order valence-corrected chi connectivity index (χ3v) is 7.34. The van der Waals surface area contributed by atoms with Crippen molar-refractivity contribution >= 4 is 29.4 Å². The summed E-state index contributed by atoms with van der Waals surface area (Å²) in [6.45, 7) is 4.26. The van der Waals surface area contributed by atoms with E-state index < -0.39 is 0 Å². The maximum atomic E-state index is 13.4. The SMILES string of the molecule is CC(c1ccccc1)C(NC(=O)C1=Cc2cnc3cccc(n23)S1)C1CCNCC1. The van der Waals surface area contributed by atoms with Gasteiger partial charge >= 0.3 is 0 Å². The monoisotopic (exact) mass is 418 g/mol. The summed E-state index contributed by atoms with van der Waals surface area (Å²) in [5.41, 5.74) is 3.14. The van der Waals surface area contributed by atoms with E-state index in [1.807, 2.05) is 36.5 Å². The number of benzene rings is 1. The van der Waals surface area contributed by atoms with E-state index in [4.69, 9.17) is 0 Å². The second-order valence-corrected chi connectivity index (χ2v) is 9.20. The Morgan fingerprint density at radius 3 is 2.77 bits per heavy atom. The quantitative estimate of drug-likeness (QED) is 0.656. The van der Waals surface area contributed by atoms with Crippen molar-refractivity contribution in [2.24, 2.45) is 5.92 Å². The van der Waals surface area contributed by atoms with Crippen molar-refractivity contribution in [3.05, 3.63) is 70.9 Å². The fourth-order valence-electron chi connectivity index (χ4n) is 4.64. The molecule has 0 spiro atoms. The summed E-state index contributed by atoms with van der Waals surface area (Å²) in [5, 5.41) is 7.90. The molecule has 2 atom stereocenters. The predicted molar refractivity (Wildman–Crippen MR) is 121 cm³/mol. The first-order valence-electron chi connectivity index (χ1n) is 10.6. The Bertz CT molecular complexity index is 1090. The van der Waals surface area contributed by atoms with Crippen LogP contribution in [-0.2, 0) is 4.79 Å². The Hall–Kier alpha value is -2.57. The minimum Gasteiger partial charge on any atom is -0.348 e. The highest BCUT2D eigenvalue weighted by molar-refractivity contribution is 8.04. The number of carbonyl (C=O) groups excluding carboxylic acids is 1. The molecule has 5 nitrogen and oxygen atoms in total. The Kier molecular flexibility index (Phi) is 5.35. The minimum atomic E-state index is 0.00997. The zero-order chi connectivity index (χ0) is 20.5. The van der Waals surface area contributed by atoms with Crippen LogP contribution in [0.3, 0.4) is 0 Å². The smallest absolute Gasteiger partial charge is 0.258 e. The first kappa shape index (κ1) is 19.4. The molecular formula is C24H26N4OS. The molecule has 2 unspecified atom stereocenters. The molecule has 1 aromatic carbocycles. The van der Waals surface area contributed by atoms with Crippen LogP contribution in [-0.4, -0.2) is 34.4 Å². The molecule has 2 N–H and O–H groups in total. The average molecular weight is 419 g/mol. The van der Waals surface area contributed by atoms with Crippen LogP contribution in [0.2, 0.25) is 0 Å². The number of piperidine rings is 1. The van der Waals surface area contributed by atoms with Gasteiger partial charge in [-0.05, 0) is 55.6 Å². The van der Waals surface area contributed by atoms with E-state index in [0.29, 0.717) is 5.92 Å². The topological polar surface area (TPSA) is 58.4 Å². The molecular weight excluding hydrogens is 392 g/mol. The molecule has 2 aromatic heterocycles. The molecule has 3 aromatic rings. The third kappa shape index (κ3) is 3.66. The van der Waals surface area contributed by atoms with E-state index in [9.17, 15) is 4.79 Å². The number of amides is 1. The molecule has 0 saturated carbocycles. The van der Waals surface area contributed by atoms with Gasteiger partial charge in [-0.2, -0.15) is 0 Å². The van der Waals surface area contributed by atoms with Gasteiger partial charge in [0.2, 0.25) is 0 Å². The molecule has 1 amide bonds. The average Bonchev–Trinajstić information content (AvgIpc) is 3.22. The summed E-state index contributed by atoms with van der Waals surface area (Å²) in [7, 11) is 0. The minimum absolute atomic E-state index is 0.00997. The normalized spacial score (nSPS) is 18.6. The fourth-order valence-corrected chi connectivity index (χ4v) is 5.63. The number of carbonyl (C=O) groups is 1. The summed E-state index contributed by atoms with van der Waals surface area (Å²) in [4.78, 5) is 18.6. The maximum absolute atomic E-state index is 13.4. The Morgan fingerprint density at radius 2 is 1.97 bits per heavy atom. The van der Waals surface area contributed by atoms with E-state index in [2.05, 4.69) is 51.2 Å². The van der Waals surface area contributed by atoms with Gasteiger partial charge in [0.05, 0.1) is 21.8 Å². The lowest BCUT2D eigenvalue weighted by atomic mass is 9.80. The first-order chi connectivity index (χ1) is 14.7. The summed E-state index contributed by atoms with van der Waals surface area (Å²) < 4.78 is 2.10.